The van der Waals surface area contributed by atoms with E-state index in [0.29, 0.717) is 5.75 Å². The van der Waals surface area contributed by atoms with E-state index in [1.165, 1.54) is 53.3 Å². The van der Waals surface area contributed by atoms with Gasteiger partial charge in [0.2, 0.25) is 0 Å². The molecule has 0 atom stereocenters. The number of anilines is 1. The minimum atomic E-state index is -0.623. The van der Waals surface area contributed by atoms with Crippen molar-refractivity contribution in [2.75, 3.05) is 5.32 Å². The Balaban J connectivity index is 1.48. The van der Waals surface area contributed by atoms with Crippen LogP contribution in [0.3, 0.4) is 0 Å². The molecule has 12 heteroatoms. The lowest BCUT2D eigenvalue weighted by Crippen LogP contribution is -2.14. The molecule has 1 heterocycles. The lowest BCUT2D eigenvalue weighted by atomic mass is 10.1. The second-order valence-electron chi connectivity index (χ2n) is 8.09. The Labute approximate surface area is 210 Å². The minimum Gasteiger partial charge on any atom is -0.464 e. The number of amides is 1. The molecule has 0 aliphatic rings. The van der Waals surface area contributed by atoms with Crippen molar-refractivity contribution in [1.82, 2.24) is 9.78 Å². The van der Waals surface area contributed by atoms with Crippen molar-refractivity contribution in [3.63, 3.8) is 0 Å². The molecule has 12 nitrogen and oxygen atoms in total. The zero-order chi connectivity index (χ0) is 26.5. The molecule has 0 fully saturated rings. The minimum absolute atomic E-state index is 0.00875. The number of carbonyl (C=O) groups is 1. The number of hydrogen-bond acceptors (Lipinski definition) is 8. The van der Waals surface area contributed by atoms with Gasteiger partial charge in [0.15, 0.2) is 18.2 Å². The fourth-order valence-corrected chi connectivity index (χ4v) is 3.56. The van der Waals surface area contributed by atoms with Gasteiger partial charge < -0.3 is 14.8 Å². The van der Waals surface area contributed by atoms with Crippen LogP contribution in [0.1, 0.15) is 21.6 Å². The van der Waals surface area contributed by atoms with Crippen molar-refractivity contribution in [3.05, 3.63) is 110 Å². The van der Waals surface area contributed by atoms with E-state index in [4.69, 9.17) is 9.47 Å². The van der Waals surface area contributed by atoms with Gasteiger partial charge in [-0.1, -0.05) is 18.2 Å². The first-order valence-electron chi connectivity index (χ1n) is 10.9. The smallest absolute Gasteiger partial charge is 0.311 e. The first kappa shape index (κ1) is 24.9. The quantitative estimate of drug-likeness (QED) is 0.235. The van der Waals surface area contributed by atoms with Crippen LogP contribution in [-0.2, 0) is 6.73 Å². The van der Waals surface area contributed by atoms with Gasteiger partial charge in [0.1, 0.15) is 11.5 Å². The molecule has 4 aromatic rings. The predicted octanol–water partition coefficient (Wildman–Crippen LogP) is 5.40. The van der Waals surface area contributed by atoms with E-state index < -0.39 is 15.8 Å². The molecule has 0 bridgehead atoms. The van der Waals surface area contributed by atoms with Crippen molar-refractivity contribution < 1.29 is 24.1 Å². The van der Waals surface area contributed by atoms with Gasteiger partial charge in [-0.3, -0.25) is 25.0 Å². The molecule has 3 aromatic carbocycles. The van der Waals surface area contributed by atoms with Gasteiger partial charge in [-0.25, -0.2) is 4.68 Å². The average molecular weight is 503 g/mol. The molecule has 37 heavy (non-hydrogen) atoms. The fraction of sp³-hybridized carbons (Fsp3) is 0.120. The summed E-state index contributed by atoms with van der Waals surface area (Å²) in [6, 6.07) is 16.8. The Morgan fingerprint density at radius 3 is 2.35 bits per heavy atom. The highest BCUT2D eigenvalue weighted by molar-refractivity contribution is 6.03. The number of nitrogens with zero attached hydrogens (tertiary/aromatic N) is 4. The molecule has 4 rings (SSSR count). The number of rotatable bonds is 9. The van der Waals surface area contributed by atoms with Crippen molar-refractivity contribution in [2.45, 2.75) is 20.6 Å². The first-order valence-corrected chi connectivity index (χ1v) is 10.9. The molecular weight excluding hydrogens is 482 g/mol. The summed E-state index contributed by atoms with van der Waals surface area (Å²) in [5.74, 6) is 0.120. The second kappa shape index (κ2) is 10.6. The monoisotopic (exact) mass is 503 g/mol. The predicted molar refractivity (Wildman–Crippen MR) is 133 cm³/mol. The highest BCUT2D eigenvalue weighted by Crippen LogP contribution is 2.31. The number of hydrogen-bond donors (Lipinski definition) is 1. The summed E-state index contributed by atoms with van der Waals surface area (Å²) in [5.41, 5.74) is 1.63. The van der Waals surface area contributed by atoms with E-state index in [1.54, 1.807) is 18.2 Å². The normalized spacial score (nSPS) is 10.5. The third-order valence-corrected chi connectivity index (χ3v) is 5.08. The first-order chi connectivity index (χ1) is 17.7. The molecule has 0 radical (unpaired) electrons. The van der Waals surface area contributed by atoms with Crippen LogP contribution in [0, 0.1) is 34.1 Å². The number of carbonyl (C=O) groups excluding carboxylic acids is 1. The van der Waals surface area contributed by atoms with Gasteiger partial charge in [0.25, 0.3) is 11.6 Å². The SMILES string of the molecule is Cc1cc(C)cc(Oc2cc(NC(=O)c3ccn(COc4ccccc4[N+](=O)[O-])n3)cc([N+](=O)[O-])c2)c1. The third kappa shape index (κ3) is 6.25. The number of para-hydroxylation sites is 2. The average Bonchev–Trinajstić information content (AvgIpc) is 3.31. The summed E-state index contributed by atoms with van der Waals surface area (Å²) in [7, 11) is 0. The van der Waals surface area contributed by atoms with E-state index in [1.807, 2.05) is 19.9 Å². The van der Waals surface area contributed by atoms with Gasteiger partial charge >= 0.3 is 5.69 Å². The maximum Gasteiger partial charge on any atom is 0.311 e. The number of aryl methyl sites for hydroxylation is 2. The van der Waals surface area contributed by atoms with Crippen LogP contribution < -0.4 is 14.8 Å². The molecule has 0 saturated heterocycles. The van der Waals surface area contributed by atoms with E-state index >= 15 is 0 Å². The Kier molecular flexibility index (Phi) is 7.09. The molecule has 1 amide bonds. The van der Waals surface area contributed by atoms with Crippen LogP contribution in [0.2, 0.25) is 0 Å². The summed E-state index contributed by atoms with van der Waals surface area (Å²) in [6.45, 7) is 3.64. The summed E-state index contributed by atoms with van der Waals surface area (Å²) in [5, 5.41) is 29.3. The van der Waals surface area contributed by atoms with E-state index in [9.17, 15) is 25.0 Å². The topological polar surface area (TPSA) is 152 Å². The Morgan fingerprint density at radius 1 is 0.946 bits per heavy atom. The summed E-state index contributed by atoms with van der Waals surface area (Å²) < 4.78 is 12.6. The number of non-ortho nitro benzene ring substituents is 1. The fourth-order valence-electron chi connectivity index (χ4n) is 3.56. The molecule has 0 aliphatic heterocycles. The second-order valence-corrected chi connectivity index (χ2v) is 8.09. The number of benzene rings is 3. The molecule has 0 spiro atoms. The lowest BCUT2D eigenvalue weighted by molar-refractivity contribution is -0.386. The highest BCUT2D eigenvalue weighted by atomic mass is 16.6. The van der Waals surface area contributed by atoms with E-state index in [0.717, 1.165) is 11.1 Å². The van der Waals surface area contributed by atoms with Crippen molar-refractivity contribution in [3.8, 4) is 17.2 Å². The third-order valence-electron chi connectivity index (χ3n) is 5.08. The molecule has 0 saturated carbocycles. The van der Waals surface area contributed by atoms with Crippen LogP contribution >= 0.6 is 0 Å². The molecular formula is C25H21N5O7. The summed E-state index contributed by atoms with van der Waals surface area (Å²) in [6.07, 6.45) is 1.46. The Morgan fingerprint density at radius 2 is 1.65 bits per heavy atom. The van der Waals surface area contributed by atoms with Crippen LogP contribution in [0.25, 0.3) is 0 Å². The maximum atomic E-state index is 12.8. The standard InChI is InChI=1S/C25H21N5O7/c1-16-9-17(2)11-20(10-16)37-21-13-18(12-19(14-21)29(32)33)26-25(31)22-7-8-28(27-22)15-36-24-6-4-3-5-23(24)30(34)35/h3-14H,15H2,1-2H3,(H,26,31). The largest absolute Gasteiger partial charge is 0.464 e. The van der Waals surface area contributed by atoms with Crippen LogP contribution in [0.15, 0.2) is 72.9 Å². The lowest BCUT2D eigenvalue weighted by Gasteiger charge is -2.10. The van der Waals surface area contributed by atoms with Gasteiger partial charge in [0.05, 0.1) is 21.6 Å². The van der Waals surface area contributed by atoms with Crippen molar-refractivity contribution in [1.29, 1.82) is 0 Å². The number of ether oxygens (including phenoxy) is 2. The summed E-state index contributed by atoms with van der Waals surface area (Å²) >= 11 is 0. The summed E-state index contributed by atoms with van der Waals surface area (Å²) in [4.78, 5) is 34.2. The van der Waals surface area contributed by atoms with Crippen LogP contribution in [-0.4, -0.2) is 25.5 Å². The molecule has 0 aliphatic carbocycles. The molecule has 188 valence electrons. The van der Waals surface area contributed by atoms with Gasteiger partial charge in [-0.2, -0.15) is 5.10 Å². The Hall–Kier alpha value is -5.26. The molecule has 1 aromatic heterocycles. The van der Waals surface area contributed by atoms with Gasteiger partial charge in [-0.05, 0) is 49.2 Å². The zero-order valence-corrected chi connectivity index (χ0v) is 19.8. The van der Waals surface area contributed by atoms with E-state index in [2.05, 4.69) is 10.4 Å². The van der Waals surface area contributed by atoms with Gasteiger partial charge in [0, 0.05) is 24.4 Å². The zero-order valence-electron chi connectivity index (χ0n) is 19.8. The van der Waals surface area contributed by atoms with Crippen LogP contribution in [0.4, 0.5) is 17.1 Å². The number of nitrogens with one attached hydrogen (secondary N) is 1. The van der Waals surface area contributed by atoms with E-state index in [-0.39, 0.29) is 41.0 Å². The van der Waals surface area contributed by atoms with Crippen molar-refractivity contribution in [2.24, 2.45) is 0 Å². The van der Waals surface area contributed by atoms with Crippen molar-refractivity contribution >= 4 is 23.0 Å². The van der Waals surface area contributed by atoms with Crippen LogP contribution in [0.5, 0.6) is 17.2 Å². The number of aromatic nitrogens is 2. The highest BCUT2D eigenvalue weighted by Gasteiger charge is 2.17. The molecule has 1 N–H and O–H groups in total. The number of nitro benzene ring substituents is 2. The Bertz CT molecular complexity index is 1480. The number of nitro groups is 2. The molecule has 0 unspecified atom stereocenters. The van der Waals surface area contributed by atoms with Gasteiger partial charge in [-0.15, -0.1) is 0 Å². The maximum absolute atomic E-state index is 12.8.